The first-order valence-electron chi connectivity index (χ1n) is 11.9. The number of hydrogen-bond acceptors (Lipinski definition) is 7. The van der Waals surface area contributed by atoms with Gasteiger partial charge in [-0.3, -0.25) is 4.90 Å². The normalized spacial score (nSPS) is 15.1. The Hall–Kier alpha value is -3.72. The van der Waals surface area contributed by atoms with Gasteiger partial charge >= 0.3 is 12.0 Å². The number of urea groups is 1. The predicted octanol–water partition coefficient (Wildman–Crippen LogP) is 3.59. The van der Waals surface area contributed by atoms with Gasteiger partial charge in [-0.05, 0) is 30.2 Å². The minimum atomic E-state index is -0.516. The molecule has 1 aliphatic heterocycles. The monoisotopic (exact) mass is 476 g/mol. The summed E-state index contributed by atoms with van der Waals surface area (Å²) >= 11 is 0. The van der Waals surface area contributed by atoms with Gasteiger partial charge in [0, 0.05) is 37.3 Å². The van der Waals surface area contributed by atoms with Crippen molar-refractivity contribution in [3.8, 4) is 0 Å². The maximum absolute atomic E-state index is 12.6. The summed E-state index contributed by atoms with van der Waals surface area (Å²) in [4.78, 5) is 38.5. The van der Waals surface area contributed by atoms with E-state index in [-0.39, 0.29) is 17.9 Å². The Morgan fingerprint density at radius 2 is 1.66 bits per heavy atom. The first kappa shape index (κ1) is 24.4. The molecule has 184 valence electrons. The average Bonchev–Trinajstić information content (AvgIpc) is 2.87. The van der Waals surface area contributed by atoms with Crippen molar-refractivity contribution in [3.63, 3.8) is 0 Å². The molecule has 9 nitrogen and oxygen atoms in total. The maximum Gasteiger partial charge on any atom is 0.328 e. The molecule has 1 fully saturated rings. The quantitative estimate of drug-likeness (QED) is 0.503. The first-order chi connectivity index (χ1) is 16.9. The lowest BCUT2D eigenvalue weighted by Gasteiger charge is -2.34. The molecule has 2 N–H and O–H groups in total. The van der Waals surface area contributed by atoms with Crippen molar-refractivity contribution in [2.75, 3.05) is 43.9 Å². The van der Waals surface area contributed by atoms with Gasteiger partial charge in [0.1, 0.15) is 17.7 Å². The number of anilines is 2. The number of hydrogen-bond donors (Lipinski definition) is 2. The highest BCUT2D eigenvalue weighted by Crippen LogP contribution is 2.23. The largest absolute Gasteiger partial charge is 0.467 e. The van der Waals surface area contributed by atoms with E-state index in [0.717, 1.165) is 29.7 Å². The van der Waals surface area contributed by atoms with Gasteiger partial charge in [-0.25, -0.2) is 19.6 Å². The molecule has 0 saturated carbocycles. The molecular formula is C26H32N6O3. The van der Waals surface area contributed by atoms with E-state index in [0.29, 0.717) is 31.3 Å². The van der Waals surface area contributed by atoms with Crippen LogP contribution in [0.5, 0.6) is 0 Å². The lowest BCUT2D eigenvalue weighted by atomic mass is 10.0. The summed E-state index contributed by atoms with van der Waals surface area (Å²) in [5.41, 5.74) is 1.60. The van der Waals surface area contributed by atoms with Crippen LogP contribution in [0.4, 0.5) is 16.3 Å². The van der Waals surface area contributed by atoms with E-state index in [1.165, 1.54) is 7.11 Å². The fourth-order valence-electron chi connectivity index (χ4n) is 4.11. The van der Waals surface area contributed by atoms with E-state index < -0.39 is 6.04 Å². The number of para-hydroxylation sites is 2. The molecule has 1 atom stereocenters. The van der Waals surface area contributed by atoms with Crippen LogP contribution in [0.2, 0.25) is 0 Å². The third-order valence-electron chi connectivity index (χ3n) is 6.11. The molecular weight excluding hydrogens is 444 g/mol. The van der Waals surface area contributed by atoms with Crippen molar-refractivity contribution in [2.45, 2.75) is 26.4 Å². The molecule has 4 rings (SSSR count). The van der Waals surface area contributed by atoms with Crippen molar-refractivity contribution < 1.29 is 14.3 Å². The number of carbonyl (C=O) groups excluding carboxylic acids is 2. The predicted molar refractivity (Wildman–Crippen MR) is 136 cm³/mol. The van der Waals surface area contributed by atoms with E-state index in [9.17, 15) is 9.59 Å². The summed E-state index contributed by atoms with van der Waals surface area (Å²) in [6, 6.07) is 16.6. The molecule has 2 heterocycles. The molecule has 9 heteroatoms. The van der Waals surface area contributed by atoms with Crippen LogP contribution in [0.25, 0.3) is 10.9 Å². The smallest absolute Gasteiger partial charge is 0.328 e. The Bertz CT molecular complexity index is 1160. The van der Waals surface area contributed by atoms with E-state index in [2.05, 4.69) is 15.5 Å². The molecule has 0 unspecified atom stereocenters. The number of fused-ring (bicyclic) bond motifs is 1. The number of esters is 1. The number of rotatable bonds is 7. The third-order valence-corrected chi connectivity index (χ3v) is 6.11. The van der Waals surface area contributed by atoms with Crippen LogP contribution in [0.1, 0.15) is 19.7 Å². The molecule has 1 aliphatic rings. The second-order valence-electron chi connectivity index (χ2n) is 8.95. The second kappa shape index (κ2) is 11.1. The molecule has 0 spiro atoms. The number of benzene rings is 2. The van der Waals surface area contributed by atoms with Crippen LogP contribution in [0.15, 0.2) is 54.6 Å². The van der Waals surface area contributed by atoms with Crippen LogP contribution >= 0.6 is 0 Å². The van der Waals surface area contributed by atoms with Crippen LogP contribution < -0.4 is 10.6 Å². The lowest BCUT2D eigenvalue weighted by molar-refractivity contribution is -0.142. The van der Waals surface area contributed by atoms with Crippen molar-refractivity contribution in [3.05, 3.63) is 60.4 Å². The number of amides is 2. The summed E-state index contributed by atoms with van der Waals surface area (Å²) in [6.07, 6.45) is 0. The fraction of sp³-hybridized carbons (Fsp3) is 0.385. The summed E-state index contributed by atoms with van der Waals surface area (Å²) < 4.78 is 4.99. The van der Waals surface area contributed by atoms with Gasteiger partial charge in [-0.1, -0.05) is 44.2 Å². The summed E-state index contributed by atoms with van der Waals surface area (Å²) in [5, 5.41) is 7.09. The third kappa shape index (κ3) is 6.05. The Morgan fingerprint density at radius 1 is 0.971 bits per heavy atom. The highest BCUT2D eigenvalue weighted by Gasteiger charge is 2.25. The van der Waals surface area contributed by atoms with Gasteiger partial charge in [-0.2, -0.15) is 0 Å². The molecule has 0 aliphatic carbocycles. The molecule has 1 aromatic heterocycles. The Labute approximate surface area is 205 Å². The number of methoxy groups -OCH3 is 1. The molecule has 1 saturated heterocycles. The van der Waals surface area contributed by atoms with Crippen molar-refractivity contribution in [2.24, 2.45) is 5.92 Å². The average molecular weight is 477 g/mol. The van der Waals surface area contributed by atoms with Crippen molar-refractivity contribution in [1.29, 1.82) is 0 Å². The number of ether oxygens (including phenoxy) is 1. The van der Waals surface area contributed by atoms with Gasteiger partial charge in [0.2, 0.25) is 0 Å². The molecule has 3 aromatic rings. The maximum atomic E-state index is 12.6. The first-order valence-corrected chi connectivity index (χ1v) is 11.9. The highest BCUT2D eigenvalue weighted by molar-refractivity contribution is 5.91. The van der Waals surface area contributed by atoms with E-state index in [1.54, 1.807) is 0 Å². The summed E-state index contributed by atoms with van der Waals surface area (Å²) in [5.74, 6) is 0.986. The van der Waals surface area contributed by atoms with Gasteiger partial charge in [0.25, 0.3) is 0 Å². The topological polar surface area (TPSA) is 99.7 Å². The van der Waals surface area contributed by atoms with Crippen molar-refractivity contribution >= 4 is 34.4 Å². The van der Waals surface area contributed by atoms with Gasteiger partial charge < -0.3 is 20.3 Å². The zero-order valence-corrected chi connectivity index (χ0v) is 20.4. The van der Waals surface area contributed by atoms with Crippen LogP contribution in [-0.2, 0) is 16.1 Å². The van der Waals surface area contributed by atoms with Gasteiger partial charge in [0.05, 0.1) is 19.2 Å². The lowest BCUT2D eigenvalue weighted by Crippen LogP contribution is -2.49. The summed E-state index contributed by atoms with van der Waals surface area (Å²) in [6.45, 7) is 7.16. The SMILES string of the molecule is COC(=O)[C@@H](Nc1nc(CN2CCN(C(=O)Nc3ccccc3)CC2)nc2ccccc12)C(C)C. The van der Waals surface area contributed by atoms with Crippen molar-refractivity contribution in [1.82, 2.24) is 19.8 Å². The Morgan fingerprint density at radius 3 is 2.34 bits per heavy atom. The zero-order chi connectivity index (χ0) is 24.8. The Kier molecular flexibility index (Phi) is 7.77. The highest BCUT2D eigenvalue weighted by atomic mass is 16.5. The number of aromatic nitrogens is 2. The second-order valence-corrected chi connectivity index (χ2v) is 8.95. The number of nitrogens with zero attached hydrogens (tertiary/aromatic N) is 4. The zero-order valence-electron chi connectivity index (χ0n) is 20.4. The standard InChI is InChI=1S/C26H32N6O3/c1-18(2)23(25(33)35-3)30-24-20-11-7-8-12-21(20)28-22(29-24)17-31-13-15-32(16-14-31)26(34)27-19-9-5-4-6-10-19/h4-12,18,23H,13-17H2,1-3H3,(H,27,34)(H,28,29,30)/t23-/m0/s1. The Balaban J connectivity index is 1.44. The minimum Gasteiger partial charge on any atom is -0.467 e. The van der Waals surface area contributed by atoms with Crippen LogP contribution in [0.3, 0.4) is 0 Å². The molecule has 2 aromatic carbocycles. The molecule has 0 bridgehead atoms. The molecule has 0 radical (unpaired) electrons. The molecule has 2 amide bonds. The minimum absolute atomic E-state index is 0.0229. The number of nitrogens with one attached hydrogen (secondary N) is 2. The van der Waals surface area contributed by atoms with Gasteiger partial charge in [-0.15, -0.1) is 0 Å². The van der Waals surface area contributed by atoms with Crippen LogP contribution in [0, 0.1) is 5.92 Å². The van der Waals surface area contributed by atoms with E-state index in [1.807, 2.05) is 73.3 Å². The molecule has 35 heavy (non-hydrogen) atoms. The summed E-state index contributed by atoms with van der Waals surface area (Å²) in [7, 11) is 1.39. The van der Waals surface area contributed by atoms with E-state index in [4.69, 9.17) is 14.7 Å². The fourth-order valence-corrected chi connectivity index (χ4v) is 4.11. The number of carbonyl (C=O) groups is 2. The number of piperazine rings is 1. The van der Waals surface area contributed by atoms with E-state index >= 15 is 0 Å². The van der Waals surface area contributed by atoms with Gasteiger partial charge in [0.15, 0.2) is 0 Å². The van der Waals surface area contributed by atoms with Crippen LogP contribution in [-0.4, -0.2) is 71.1 Å².